The zero-order valence-corrected chi connectivity index (χ0v) is 6.64. The highest BCUT2D eigenvalue weighted by Crippen LogP contribution is 2.16. The molecular formula is C7H8ClNO. The van der Waals surface area contributed by atoms with E-state index in [1.165, 1.54) is 0 Å². The Balaban J connectivity index is 3.07. The van der Waals surface area contributed by atoms with Crippen molar-refractivity contribution in [2.45, 2.75) is 6.92 Å². The molecule has 2 nitrogen and oxygen atoms in total. The lowest BCUT2D eigenvalue weighted by molar-refractivity contribution is 0.409. The number of halogens is 1. The van der Waals surface area contributed by atoms with E-state index in [9.17, 15) is 0 Å². The minimum atomic E-state index is 0.498. The SMILES string of the molecule is COc1ccc(Cl)nc1C. The van der Waals surface area contributed by atoms with E-state index in [0.29, 0.717) is 5.15 Å². The third-order valence-electron chi connectivity index (χ3n) is 1.22. The normalized spacial score (nSPS) is 9.50. The van der Waals surface area contributed by atoms with Crippen molar-refractivity contribution >= 4 is 11.6 Å². The van der Waals surface area contributed by atoms with E-state index in [4.69, 9.17) is 16.3 Å². The summed E-state index contributed by atoms with van der Waals surface area (Å²) in [4.78, 5) is 3.98. The maximum Gasteiger partial charge on any atom is 0.140 e. The Morgan fingerprint density at radius 3 is 2.70 bits per heavy atom. The molecule has 0 unspecified atom stereocenters. The van der Waals surface area contributed by atoms with Gasteiger partial charge in [0.1, 0.15) is 10.9 Å². The van der Waals surface area contributed by atoms with Crippen molar-refractivity contribution in [2.75, 3.05) is 7.11 Å². The molecule has 0 N–H and O–H groups in total. The van der Waals surface area contributed by atoms with Gasteiger partial charge in [0.05, 0.1) is 12.8 Å². The summed E-state index contributed by atoms with van der Waals surface area (Å²) in [6.07, 6.45) is 0. The summed E-state index contributed by atoms with van der Waals surface area (Å²) in [6.45, 7) is 1.85. The number of hydrogen-bond acceptors (Lipinski definition) is 2. The molecule has 0 atom stereocenters. The van der Waals surface area contributed by atoms with Gasteiger partial charge in [0.15, 0.2) is 0 Å². The molecule has 0 radical (unpaired) electrons. The molecule has 0 aromatic carbocycles. The van der Waals surface area contributed by atoms with Gasteiger partial charge in [-0.05, 0) is 19.1 Å². The summed E-state index contributed by atoms with van der Waals surface area (Å²) in [5, 5.41) is 0.498. The summed E-state index contributed by atoms with van der Waals surface area (Å²) in [5.41, 5.74) is 0.815. The minimum Gasteiger partial charge on any atom is -0.495 e. The summed E-state index contributed by atoms with van der Waals surface area (Å²) < 4.78 is 4.98. The third-order valence-corrected chi connectivity index (χ3v) is 1.43. The second kappa shape index (κ2) is 2.88. The van der Waals surface area contributed by atoms with Crippen molar-refractivity contribution in [3.63, 3.8) is 0 Å². The first-order chi connectivity index (χ1) is 4.74. The highest BCUT2D eigenvalue weighted by molar-refractivity contribution is 6.29. The van der Waals surface area contributed by atoms with Gasteiger partial charge in [0.25, 0.3) is 0 Å². The van der Waals surface area contributed by atoms with Crippen LogP contribution in [0, 0.1) is 6.92 Å². The van der Waals surface area contributed by atoms with Crippen LogP contribution in [-0.4, -0.2) is 12.1 Å². The van der Waals surface area contributed by atoms with Crippen LogP contribution >= 0.6 is 11.6 Å². The molecule has 0 saturated carbocycles. The number of methoxy groups -OCH3 is 1. The molecule has 0 aliphatic rings. The number of hydrogen-bond donors (Lipinski definition) is 0. The van der Waals surface area contributed by atoms with Crippen LogP contribution in [0.25, 0.3) is 0 Å². The van der Waals surface area contributed by atoms with E-state index in [2.05, 4.69) is 4.98 Å². The minimum absolute atomic E-state index is 0.498. The average Bonchev–Trinajstić information content (AvgIpc) is 1.88. The fourth-order valence-electron chi connectivity index (χ4n) is 0.733. The number of pyridine rings is 1. The number of rotatable bonds is 1. The highest BCUT2D eigenvalue weighted by Gasteiger charge is 1.97. The van der Waals surface area contributed by atoms with E-state index in [1.54, 1.807) is 19.2 Å². The predicted molar refractivity (Wildman–Crippen MR) is 40.5 cm³/mol. The predicted octanol–water partition coefficient (Wildman–Crippen LogP) is 2.05. The topological polar surface area (TPSA) is 22.1 Å². The molecule has 10 heavy (non-hydrogen) atoms. The van der Waals surface area contributed by atoms with Gasteiger partial charge in [-0.15, -0.1) is 0 Å². The Labute approximate surface area is 64.8 Å². The molecule has 3 heteroatoms. The van der Waals surface area contributed by atoms with Crippen LogP contribution in [-0.2, 0) is 0 Å². The zero-order valence-electron chi connectivity index (χ0n) is 5.89. The summed E-state index contributed by atoms with van der Waals surface area (Å²) >= 11 is 5.61. The van der Waals surface area contributed by atoms with Gasteiger partial charge >= 0.3 is 0 Å². The molecule has 0 aliphatic carbocycles. The number of nitrogens with zero attached hydrogens (tertiary/aromatic N) is 1. The van der Waals surface area contributed by atoms with E-state index >= 15 is 0 Å². The van der Waals surface area contributed by atoms with Crippen molar-refractivity contribution < 1.29 is 4.74 Å². The van der Waals surface area contributed by atoms with E-state index < -0.39 is 0 Å². The largest absolute Gasteiger partial charge is 0.495 e. The Hall–Kier alpha value is -0.760. The average molecular weight is 158 g/mol. The Kier molecular flexibility index (Phi) is 2.12. The van der Waals surface area contributed by atoms with E-state index in [-0.39, 0.29) is 0 Å². The fraction of sp³-hybridized carbons (Fsp3) is 0.286. The number of ether oxygens (including phenoxy) is 1. The molecular weight excluding hydrogens is 150 g/mol. The second-order valence-electron chi connectivity index (χ2n) is 1.92. The van der Waals surface area contributed by atoms with Gasteiger partial charge in [0, 0.05) is 0 Å². The quantitative estimate of drug-likeness (QED) is 0.583. The lowest BCUT2D eigenvalue weighted by Gasteiger charge is -2.01. The number of aryl methyl sites for hydroxylation is 1. The molecule has 0 amide bonds. The fourth-order valence-corrected chi connectivity index (χ4v) is 0.923. The van der Waals surface area contributed by atoms with Gasteiger partial charge in [-0.3, -0.25) is 0 Å². The molecule has 1 aromatic rings. The molecule has 0 saturated heterocycles. The van der Waals surface area contributed by atoms with E-state index in [0.717, 1.165) is 11.4 Å². The van der Waals surface area contributed by atoms with Crippen LogP contribution in [0.3, 0.4) is 0 Å². The molecule has 0 fully saturated rings. The maximum atomic E-state index is 5.61. The van der Waals surface area contributed by atoms with Crippen LogP contribution in [0.1, 0.15) is 5.69 Å². The number of aromatic nitrogens is 1. The summed E-state index contributed by atoms with van der Waals surface area (Å²) in [7, 11) is 1.61. The first-order valence-corrected chi connectivity index (χ1v) is 3.29. The lowest BCUT2D eigenvalue weighted by atomic mass is 10.3. The smallest absolute Gasteiger partial charge is 0.140 e. The zero-order chi connectivity index (χ0) is 7.56. The summed E-state index contributed by atoms with van der Waals surface area (Å²) in [5.74, 6) is 0.768. The summed E-state index contributed by atoms with van der Waals surface area (Å²) in [6, 6.07) is 3.50. The van der Waals surface area contributed by atoms with Crippen molar-refractivity contribution in [3.05, 3.63) is 23.0 Å². The first-order valence-electron chi connectivity index (χ1n) is 2.91. The Bertz CT molecular complexity index is 237. The highest BCUT2D eigenvalue weighted by atomic mass is 35.5. The Morgan fingerprint density at radius 1 is 1.50 bits per heavy atom. The van der Waals surface area contributed by atoms with Gasteiger partial charge < -0.3 is 4.74 Å². The molecule has 1 heterocycles. The molecule has 0 spiro atoms. The molecule has 54 valence electrons. The molecule has 1 rings (SSSR count). The van der Waals surface area contributed by atoms with Crippen LogP contribution in [0.4, 0.5) is 0 Å². The molecule has 1 aromatic heterocycles. The van der Waals surface area contributed by atoms with Crippen molar-refractivity contribution in [2.24, 2.45) is 0 Å². The standard InChI is InChI=1S/C7H8ClNO/c1-5-6(10-2)3-4-7(8)9-5/h3-4H,1-2H3. The van der Waals surface area contributed by atoms with Crippen LogP contribution < -0.4 is 4.74 Å². The van der Waals surface area contributed by atoms with E-state index in [1.807, 2.05) is 6.92 Å². The monoisotopic (exact) mass is 157 g/mol. The Morgan fingerprint density at radius 2 is 2.20 bits per heavy atom. The van der Waals surface area contributed by atoms with Crippen molar-refractivity contribution in [3.8, 4) is 5.75 Å². The van der Waals surface area contributed by atoms with Crippen LogP contribution in [0.2, 0.25) is 5.15 Å². The maximum absolute atomic E-state index is 5.61. The van der Waals surface area contributed by atoms with Gasteiger partial charge in [-0.1, -0.05) is 11.6 Å². The molecule has 0 aliphatic heterocycles. The molecule has 0 bridgehead atoms. The van der Waals surface area contributed by atoms with Crippen LogP contribution in [0.5, 0.6) is 5.75 Å². The van der Waals surface area contributed by atoms with Gasteiger partial charge in [0.2, 0.25) is 0 Å². The second-order valence-corrected chi connectivity index (χ2v) is 2.31. The van der Waals surface area contributed by atoms with Gasteiger partial charge in [-0.2, -0.15) is 0 Å². The van der Waals surface area contributed by atoms with Crippen molar-refractivity contribution in [1.82, 2.24) is 4.98 Å². The first kappa shape index (κ1) is 7.35. The van der Waals surface area contributed by atoms with Gasteiger partial charge in [-0.25, -0.2) is 4.98 Å². The van der Waals surface area contributed by atoms with Crippen LogP contribution in [0.15, 0.2) is 12.1 Å². The lowest BCUT2D eigenvalue weighted by Crippen LogP contribution is -1.89. The third kappa shape index (κ3) is 1.39. The van der Waals surface area contributed by atoms with Crippen molar-refractivity contribution in [1.29, 1.82) is 0 Å².